The highest BCUT2D eigenvalue weighted by Gasteiger charge is 2.15. The van der Waals surface area contributed by atoms with Crippen molar-refractivity contribution in [2.75, 3.05) is 17.6 Å². The molecule has 0 amide bonds. The lowest BCUT2D eigenvalue weighted by Gasteiger charge is -2.15. The molecular weight excluding hydrogens is 258 g/mol. The van der Waals surface area contributed by atoms with E-state index in [0.29, 0.717) is 13.0 Å². The largest absolute Gasteiger partial charge is 0.383 e. The van der Waals surface area contributed by atoms with E-state index in [4.69, 9.17) is 5.73 Å². The van der Waals surface area contributed by atoms with Gasteiger partial charge >= 0.3 is 5.69 Å². The van der Waals surface area contributed by atoms with E-state index < -0.39 is 24.2 Å². The van der Waals surface area contributed by atoms with Crippen LogP contribution in [0.15, 0.2) is 9.59 Å². The van der Waals surface area contributed by atoms with Gasteiger partial charge in [-0.25, -0.2) is 13.6 Å². The standard InChI is InChI=1S/C11H18F2N4O2/c1-3-4-5-17-9(14)8(15-6-7(12)13)10(18)16(2)11(17)19/h7,15H,3-6,14H2,1-2H3. The summed E-state index contributed by atoms with van der Waals surface area (Å²) in [6.07, 6.45) is -1.06. The minimum atomic E-state index is -2.61. The number of nitrogens with one attached hydrogen (secondary N) is 1. The summed E-state index contributed by atoms with van der Waals surface area (Å²) < 4.78 is 26.5. The maximum atomic E-state index is 12.2. The lowest BCUT2D eigenvalue weighted by Crippen LogP contribution is -2.41. The van der Waals surface area contributed by atoms with Gasteiger partial charge in [0, 0.05) is 13.6 Å². The lowest BCUT2D eigenvalue weighted by atomic mass is 10.3. The van der Waals surface area contributed by atoms with Gasteiger partial charge in [-0.15, -0.1) is 0 Å². The summed E-state index contributed by atoms with van der Waals surface area (Å²) in [4.78, 5) is 23.7. The maximum absolute atomic E-state index is 12.2. The summed E-state index contributed by atoms with van der Waals surface area (Å²) in [7, 11) is 1.29. The third kappa shape index (κ3) is 3.33. The van der Waals surface area contributed by atoms with Gasteiger partial charge in [0.15, 0.2) is 0 Å². The van der Waals surface area contributed by atoms with Crippen molar-refractivity contribution in [3.63, 3.8) is 0 Å². The summed E-state index contributed by atoms with van der Waals surface area (Å²) >= 11 is 0. The van der Waals surface area contributed by atoms with Gasteiger partial charge in [0.2, 0.25) is 0 Å². The van der Waals surface area contributed by atoms with E-state index in [2.05, 4.69) is 5.32 Å². The minimum Gasteiger partial charge on any atom is -0.383 e. The number of halogens is 2. The van der Waals surface area contributed by atoms with Gasteiger partial charge in [0.1, 0.15) is 11.5 Å². The Kier molecular flexibility index (Phi) is 5.08. The predicted octanol–water partition coefficient (Wildman–Crippen LogP) is 0.606. The van der Waals surface area contributed by atoms with Crippen molar-refractivity contribution in [2.45, 2.75) is 32.7 Å². The normalized spacial score (nSPS) is 11.0. The molecule has 8 heteroatoms. The van der Waals surface area contributed by atoms with E-state index in [1.54, 1.807) is 0 Å². The number of hydrogen-bond acceptors (Lipinski definition) is 4. The highest BCUT2D eigenvalue weighted by atomic mass is 19.3. The number of nitrogen functional groups attached to an aromatic ring is 1. The van der Waals surface area contributed by atoms with Crippen LogP contribution in [0.4, 0.5) is 20.3 Å². The third-order valence-electron chi connectivity index (χ3n) is 2.75. The molecule has 0 saturated heterocycles. The van der Waals surface area contributed by atoms with Crippen molar-refractivity contribution in [3.05, 3.63) is 20.8 Å². The molecule has 0 unspecified atom stereocenters. The van der Waals surface area contributed by atoms with Crippen LogP contribution < -0.4 is 22.3 Å². The first-order valence-electron chi connectivity index (χ1n) is 6.01. The van der Waals surface area contributed by atoms with Crippen LogP contribution >= 0.6 is 0 Å². The molecule has 0 spiro atoms. The van der Waals surface area contributed by atoms with Crippen molar-refractivity contribution in [1.82, 2.24) is 9.13 Å². The molecule has 0 saturated carbocycles. The zero-order chi connectivity index (χ0) is 14.6. The molecular formula is C11H18F2N4O2. The van der Waals surface area contributed by atoms with Gasteiger partial charge in [-0.05, 0) is 6.42 Å². The summed E-state index contributed by atoms with van der Waals surface area (Å²) in [5.74, 6) is -0.0952. The van der Waals surface area contributed by atoms with Crippen LogP contribution in [0.3, 0.4) is 0 Å². The molecule has 6 nitrogen and oxygen atoms in total. The van der Waals surface area contributed by atoms with Crippen molar-refractivity contribution in [2.24, 2.45) is 7.05 Å². The van der Waals surface area contributed by atoms with E-state index in [-0.39, 0.29) is 11.5 Å². The summed E-state index contributed by atoms with van der Waals surface area (Å²) in [5.41, 5.74) is 4.33. The van der Waals surface area contributed by atoms with Gasteiger partial charge in [0.25, 0.3) is 12.0 Å². The second kappa shape index (κ2) is 6.35. The fraction of sp³-hybridized carbons (Fsp3) is 0.636. The molecule has 1 aromatic rings. The van der Waals surface area contributed by atoms with Crippen LogP contribution in [0, 0.1) is 0 Å². The Balaban J connectivity index is 3.26. The van der Waals surface area contributed by atoms with Gasteiger partial charge < -0.3 is 11.1 Å². The van der Waals surface area contributed by atoms with E-state index in [1.165, 1.54) is 11.6 Å². The Morgan fingerprint density at radius 3 is 2.53 bits per heavy atom. The Morgan fingerprint density at radius 2 is 2.00 bits per heavy atom. The molecule has 0 fully saturated rings. The molecule has 1 heterocycles. The Morgan fingerprint density at radius 1 is 1.37 bits per heavy atom. The topological polar surface area (TPSA) is 82.0 Å². The van der Waals surface area contributed by atoms with E-state index in [1.807, 2.05) is 6.92 Å². The van der Waals surface area contributed by atoms with Crippen molar-refractivity contribution < 1.29 is 8.78 Å². The number of hydrogen-bond donors (Lipinski definition) is 2. The molecule has 0 atom stereocenters. The number of anilines is 2. The molecule has 19 heavy (non-hydrogen) atoms. The molecule has 0 aliphatic heterocycles. The predicted molar refractivity (Wildman–Crippen MR) is 69.8 cm³/mol. The zero-order valence-corrected chi connectivity index (χ0v) is 10.9. The van der Waals surface area contributed by atoms with Crippen LogP contribution in [-0.4, -0.2) is 22.1 Å². The van der Waals surface area contributed by atoms with Gasteiger partial charge in [-0.1, -0.05) is 13.3 Å². The number of nitrogens with two attached hydrogens (primary N) is 1. The molecule has 0 bridgehead atoms. The van der Waals surface area contributed by atoms with Gasteiger partial charge in [0.05, 0.1) is 6.54 Å². The van der Waals surface area contributed by atoms with Gasteiger partial charge in [-0.3, -0.25) is 13.9 Å². The fourth-order valence-electron chi connectivity index (χ4n) is 1.66. The molecule has 0 aromatic carbocycles. The van der Waals surface area contributed by atoms with Crippen LogP contribution in [-0.2, 0) is 13.6 Å². The first-order chi connectivity index (χ1) is 8.90. The molecule has 108 valence electrons. The number of aromatic nitrogens is 2. The Hall–Kier alpha value is -1.86. The van der Waals surface area contributed by atoms with E-state index >= 15 is 0 Å². The highest BCUT2D eigenvalue weighted by Crippen LogP contribution is 2.12. The summed E-state index contributed by atoms with van der Waals surface area (Å²) in [6.45, 7) is 1.60. The Bertz CT molecular complexity index is 551. The van der Waals surface area contributed by atoms with Crippen molar-refractivity contribution >= 4 is 11.5 Å². The number of unbranched alkanes of at least 4 members (excludes halogenated alkanes) is 1. The molecule has 1 aromatic heterocycles. The van der Waals surface area contributed by atoms with Crippen LogP contribution in [0.25, 0.3) is 0 Å². The van der Waals surface area contributed by atoms with Crippen molar-refractivity contribution in [3.8, 4) is 0 Å². The average Bonchev–Trinajstić information content (AvgIpc) is 2.36. The second-order valence-electron chi connectivity index (χ2n) is 4.18. The minimum absolute atomic E-state index is 0.0952. The number of nitrogens with zero attached hydrogens (tertiary/aromatic N) is 2. The lowest BCUT2D eigenvalue weighted by molar-refractivity contribution is 0.163. The first kappa shape index (κ1) is 15.2. The molecule has 0 aliphatic rings. The molecule has 3 N–H and O–H groups in total. The maximum Gasteiger partial charge on any atom is 0.332 e. The second-order valence-corrected chi connectivity index (χ2v) is 4.18. The molecule has 0 radical (unpaired) electrons. The van der Waals surface area contributed by atoms with Gasteiger partial charge in [-0.2, -0.15) is 0 Å². The van der Waals surface area contributed by atoms with E-state index in [0.717, 1.165) is 11.0 Å². The van der Waals surface area contributed by atoms with E-state index in [9.17, 15) is 18.4 Å². The average molecular weight is 276 g/mol. The summed E-state index contributed by atoms with van der Waals surface area (Å²) in [5, 5.41) is 2.30. The van der Waals surface area contributed by atoms with Crippen LogP contribution in [0.1, 0.15) is 19.8 Å². The zero-order valence-electron chi connectivity index (χ0n) is 10.9. The molecule has 0 aliphatic carbocycles. The third-order valence-corrected chi connectivity index (χ3v) is 2.75. The highest BCUT2D eigenvalue weighted by molar-refractivity contribution is 5.60. The Labute approximate surface area is 108 Å². The quantitative estimate of drug-likeness (QED) is 0.797. The fourth-order valence-corrected chi connectivity index (χ4v) is 1.66. The van der Waals surface area contributed by atoms with Crippen LogP contribution in [0.2, 0.25) is 0 Å². The van der Waals surface area contributed by atoms with Crippen LogP contribution in [0.5, 0.6) is 0 Å². The van der Waals surface area contributed by atoms with Crippen molar-refractivity contribution in [1.29, 1.82) is 0 Å². The smallest absolute Gasteiger partial charge is 0.332 e. The monoisotopic (exact) mass is 276 g/mol. The summed E-state index contributed by atoms with van der Waals surface area (Å²) in [6, 6.07) is 0. The molecule has 1 rings (SSSR count). The number of alkyl halides is 2. The first-order valence-corrected chi connectivity index (χ1v) is 6.01. The SMILES string of the molecule is CCCCn1c(N)c(NCC(F)F)c(=O)n(C)c1=O. The number of rotatable bonds is 6.